The van der Waals surface area contributed by atoms with E-state index in [0.717, 1.165) is 0 Å². The standard InChI is InChI=1S/C21H25F2N5O4/c1-26-16-12(28(19(26)31)13-4-6-15(29)25-18(13)30)3-5-14(32-2)17(16)27-10-20(11-27)7-8-24-9-21(20,22)23/h3,5,13,24H,4,6-11H2,1-2H3,(H,25,29,30). The van der Waals surface area contributed by atoms with Gasteiger partial charge in [-0.3, -0.25) is 24.0 Å². The van der Waals surface area contributed by atoms with Crippen LogP contribution in [0.25, 0.3) is 11.0 Å². The second-order valence-electron chi connectivity index (χ2n) is 8.93. The molecule has 32 heavy (non-hydrogen) atoms. The number of amides is 2. The first kappa shape index (κ1) is 20.9. The highest BCUT2D eigenvalue weighted by Gasteiger charge is 2.61. The molecule has 1 aromatic carbocycles. The maximum Gasteiger partial charge on any atom is 0.329 e. The number of ether oxygens (including phenoxy) is 1. The lowest BCUT2D eigenvalue weighted by molar-refractivity contribution is -0.151. The number of nitrogens with zero attached hydrogens (tertiary/aromatic N) is 3. The van der Waals surface area contributed by atoms with Gasteiger partial charge in [0.25, 0.3) is 5.92 Å². The van der Waals surface area contributed by atoms with Crippen LogP contribution in [-0.4, -0.2) is 60.2 Å². The number of alkyl halides is 2. The average molecular weight is 449 g/mol. The number of benzene rings is 1. The number of hydrogen-bond acceptors (Lipinski definition) is 6. The van der Waals surface area contributed by atoms with E-state index < -0.39 is 29.0 Å². The van der Waals surface area contributed by atoms with Gasteiger partial charge in [-0.25, -0.2) is 13.6 Å². The van der Waals surface area contributed by atoms with Crippen molar-refractivity contribution in [3.8, 4) is 5.75 Å². The Bertz CT molecular complexity index is 1180. The fraction of sp³-hybridized carbons (Fsp3) is 0.571. The van der Waals surface area contributed by atoms with E-state index in [0.29, 0.717) is 35.4 Å². The van der Waals surface area contributed by atoms with Crippen LogP contribution >= 0.6 is 0 Å². The van der Waals surface area contributed by atoms with E-state index in [1.165, 1.54) is 16.2 Å². The van der Waals surface area contributed by atoms with Crippen LogP contribution in [0, 0.1) is 5.41 Å². The Hall–Kier alpha value is -2.95. The van der Waals surface area contributed by atoms with E-state index in [9.17, 15) is 23.2 Å². The molecule has 0 saturated carbocycles. The zero-order valence-corrected chi connectivity index (χ0v) is 17.9. The van der Waals surface area contributed by atoms with Crippen LogP contribution in [-0.2, 0) is 16.6 Å². The first-order valence-electron chi connectivity index (χ1n) is 10.6. The van der Waals surface area contributed by atoms with Gasteiger partial charge in [0, 0.05) is 26.6 Å². The number of methoxy groups -OCH3 is 1. The number of nitrogens with one attached hydrogen (secondary N) is 2. The van der Waals surface area contributed by atoms with Gasteiger partial charge in [-0.05, 0) is 31.5 Å². The molecule has 0 aliphatic carbocycles. The van der Waals surface area contributed by atoms with Crippen LogP contribution in [0.1, 0.15) is 25.3 Å². The summed E-state index contributed by atoms with van der Waals surface area (Å²) < 4.78 is 37.7. The van der Waals surface area contributed by atoms with E-state index in [1.54, 1.807) is 19.2 Å². The molecule has 3 saturated heterocycles. The van der Waals surface area contributed by atoms with Crippen molar-refractivity contribution >= 4 is 28.5 Å². The molecule has 3 aliphatic rings. The minimum absolute atomic E-state index is 0.139. The van der Waals surface area contributed by atoms with Gasteiger partial charge >= 0.3 is 5.69 Å². The third-order valence-corrected chi connectivity index (χ3v) is 7.13. The Labute approximate surface area is 182 Å². The number of halogens is 2. The molecule has 1 aromatic heterocycles. The molecule has 0 bridgehead atoms. The van der Waals surface area contributed by atoms with Gasteiger partial charge in [-0.1, -0.05) is 0 Å². The Morgan fingerprint density at radius 3 is 2.59 bits per heavy atom. The molecule has 3 fully saturated rings. The van der Waals surface area contributed by atoms with E-state index in [-0.39, 0.29) is 38.4 Å². The highest BCUT2D eigenvalue weighted by atomic mass is 19.3. The predicted octanol–water partition coefficient (Wildman–Crippen LogP) is 0.761. The minimum atomic E-state index is -2.83. The molecule has 3 aliphatic heterocycles. The Morgan fingerprint density at radius 1 is 1.19 bits per heavy atom. The molecule has 1 atom stereocenters. The molecule has 4 heterocycles. The number of piperidine rings is 2. The van der Waals surface area contributed by atoms with Crippen molar-refractivity contribution in [2.75, 3.05) is 38.2 Å². The number of aromatic nitrogens is 2. The Morgan fingerprint density at radius 2 is 1.94 bits per heavy atom. The molecule has 2 N–H and O–H groups in total. The predicted molar refractivity (Wildman–Crippen MR) is 112 cm³/mol. The summed E-state index contributed by atoms with van der Waals surface area (Å²) in [6.07, 6.45) is 0.724. The number of imide groups is 1. The molecular formula is C21H25F2N5O4. The summed E-state index contributed by atoms with van der Waals surface area (Å²) in [7, 11) is 3.08. The summed E-state index contributed by atoms with van der Waals surface area (Å²) in [5, 5.41) is 5.05. The third-order valence-electron chi connectivity index (χ3n) is 7.13. The summed E-state index contributed by atoms with van der Waals surface area (Å²) in [6, 6.07) is 2.56. The number of carbonyl (C=O) groups is 2. The van der Waals surface area contributed by atoms with Gasteiger partial charge in [0.2, 0.25) is 11.8 Å². The highest BCUT2D eigenvalue weighted by Crippen LogP contribution is 2.52. The zero-order valence-electron chi connectivity index (χ0n) is 17.9. The second-order valence-corrected chi connectivity index (χ2v) is 8.93. The lowest BCUT2D eigenvalue weighted by Crippen LogP contribution is -2.70. The fourth-order valence-corrected chi connectivity index (χ4v) is 5.31. The fourth-order valence-electron chi connectivity index (χ4n) is 5.31. The number of anilines is 1. The number of hydrogen-bond donors (Lipinski definition) is 2. The topological polar surface area (TPSA) is 97.6 Å². The SMILES string of the molecule is COc1ccc2c(c1N1CC3(CCNCC3(F)F)C1)n(C)c(=O)n2C1CCC(=O)NC1=O. The van der Waals surface area contributed by atoms with Gasteiger partial charge < -0.3 is 15.0 Å². The van der Waals surface area contributed by atoms with Gasteiger partial charge in [0.05, 0.1) is 30.1 Å². The first-order valence-corrected chi connectivity index (χ1v) is 10.6. The zero-order chi connectivity index (χ0) is 22.8. The Balaban J connectivity index is 1.61. The first-order chi connectivity index (χ1) is 15.2. The molecule has 9 nitrogen and oxygen atoms in total. The molecular weight excluding hydrogens is 424 g/mol. The summed E-state index contributed by atoms with van der Waals surface area (Å²) in [5.74, 6) is -3.24. The van der Waals surface area contributed by atoms with E-state index in [2.05, 4.69) is 10.6 Å². The van der Waals surface area contributed by atoms with E-state index in [1.807, 2.05) is 4.90 Å². The molecule has 0 radical (unpaired) electrons. The summed E-state index contributed by atoms with van der Waals surface area (Å²) >= 11 is 0. The minimum Gasteiger partial charge on any atom is -0.494 e. The number of aryl methyl sites for hydroxylation is 1. The highest BCUT2D eigenvalue weighted by molar-refractivity contribution is 6.01. The van der Waals surface area contributed by atoms with Crippen molar-refractivity contribution in [1.29, 1.82) is 0 Å². The number of fused-ring (bicyclic) bond motifs is 1. The maximum absolute atomic E-state index is 14.7. The lowest BCUT2D eigenvalue weighted by Gasteiger charge is -2.56. The molecule has 2 aromatic rings. The summed E-state index contributed by atoms with van der Waals surface area (Å²) in [6.45, 7) is 0.492. The maximum atomic E-state index is 14.7. The largest absolute Gasteiger partial charge is 0.494 e. The van der Waals surface area contributed by atoms with Crippen molar-refractivity contribution in [3.63, 3.8) is 0 Å². The number of carbonyl (C=O) groups excluding carboxylic acids is 2. The van der Waals surface area contributed by atoms with Crippen LogP contribution in [0.5, 0.6) is 5.75 Å². The van der Waals surface area contributed by atoms with E-state index >= 15 is 0 Å². The van der Waals surface area contributed by atoms with Crippen LogP contribution in [0.15, 0.2) is 16.9 Å². The molecule has 172 valence electrons. The second kappa shape index (κ2) is 7.03. The lowest BCUT2D eigenvalue weighted by atomic mass is 9.69. The third kappa shape index (κ3) is 2.79. The van der Waals surface area contributed by atoms with Crippen LogP contribution in [0.3, 0.4) is 0 Å². The van der Waals surface area contributed by atoms with Crippen LogP contribution in [0.4, 0.5) is 14.5 Å². The van der Waals surface area contributed by atoms with Crippen molar-refractivity contribution in [2.45, 2.75) is 31.2 Å². The number of rotatable bonds is 3. The van der Waals surface area contributed by atoms with Gasteiger partial charge in [0.1, 0.15) is 17.5 Å². The van der Waals surface area contributed by atoms with Crippen molar-refractivity contribution in [2.24, 2.45) is 12.5 Å². The molecule has 11 heteroatoms. The monoisotopic (exact) mass is 449 g/mol. The van der Waals surface area contributed by atoms with Crippen molar-refractivity contribution < 1.29 is 23.1 Å². The van der Waals surface area contributed by atoms with E-state index in [4.69, 9.17) is 4.74 Å². The Kier molecular flexibility index (Phi) is 4.59. The summed E-state index contributed by atoms with van der Waals surface area (Å²) in [4.78, 5) is 39.0. The van der Waals surface area contributed by atoms with Gasteiger partial charge in [-0.2, -0.15) is 0 Å². The van der Waals surface area contributed by atoms with Crippen LogP contribution < -0.4 is 26.0 Å². The van der Waals surface area contributed by atoms with Crippen molar-refractivity contribution in [3.05, 3.63) is 22.6 Å². The quantitative estimate of drug-likeness (QED) is 0.672. The number of imidazole rings is 1. The van der Waals surface area contributed by atoms with Gasteiger partial charge in [0.15, 0.2) is 0 Å². The molecule has 1 spiro atoms. The smallest absolute Gasteiger partial charge is 0.329 e. The normalized spacial score (nSPS) is 24.5. The van der Waals surface area contributed by atoms with Crippen molar-refractivity contribution in [1.82, 2.24) is 19.8 Å². The summed E-state index contributed by atoms with van der Waals surface area (Å²) in [5.41, 5.74) is 0.0604. The molecule has 5 rings (SSSR count). The van der Waals surface area contributed by atoms with Crippen LogP contribution in [0.2, 0.25) is 0 Å². The van der Waals surface area contributed by atoms with Gasteiger partial charge in [-0.15, -0.1) is 0 Å². The molecule has 2 amide bonds. The average Bonchev–Trinajstić information content (AvgIpc) is 2.97. The molecule has 1 unspecified atom stereocenters.